The van der Waals surface area contributed by atoms with Gasteiger partial charge in [0.25, 0.3) is 0 Å². The summed E-state index contributed by atoms with van der Waals surface area (Å²) < 4.78 is 0. The van der Waals surface area contributed by atoms with Crippen molar-refractivity contribution >= 4 is 23.0 Å². The summed E-state index contributed by atoms with van der Waals surface area (Å²) >= 11 is 0. The van der Waals surface area contributed by atoms with Crippen molar-refractivity contribution in [1.29, 1.82) is 0 Å². The number of amides is 1. The van der Waals surface area contributed by atoms with Gasteiger partial charge in [0.15, 0.2) is 5.82 Å². The van der Waals surface area contributed by atoms with Crippen molar-refractivity contribution in [2.45, 2.75) is 31.6 Å². The predicted molar refractivity (Wildman–Crippen MR) is 106 cm³/mol. The second kappa shape index (κ2) is 6.95. The lowest BCUT2D eigenvalue weighted by molar-refractivity contribution is -0.125. The van der Waals surface area contributed by atoms with Crippen LogP contribution < -0.4 is 5.32 Å². The summed E-state index contributed by atoms with van der Waals surface area (Å²) in [5.74, 6) is 0.665. The number of pyridine rings is 1. The van der Waals surface area contributed by atoms with Gasteiger partial charge in [0.05, 0.1) is 11.9 Å². The summed E-state index contributed by atoms with van der Waals surface area (Å²) in [7, 11) is 0. The first-order valence-electron chi connectivity index (χ1n) is 9.24. The highest BCUT2D eigenvalue weighted by molar-refractivity contribution is 5.88. The molecule has 138 valence electrons. The molecule has 2 aromatic heterocycles. The topological polar surface area (TPSA) is 71.0 Å². The molecule has 0 saturated heterocycles. The molecule has 1 amide bonds. The van der Waals surface area contributed by atoms with Gasteiger partial charge in [0, 0.05) is 36.6 Å². The van der Waals surface area contributed by atoms with E-state index >= 15 is 0 Å². The summed E-state index contributed by atoms with van der Waals surface area (Å²) in [5, 5.41) is 3.34. The molecule has 0 aromatic carbocycles. The molecule has 2 aromatic rings. The Balaban J connectivity index is 1.52. The Morgan fingerprint density at radius 1 is 1.26 bits per heavy atom. The van der Waals surface area contributed by atoms with Crippen LogP contribution in [0.5, 0.6) is 0 Å². The van der Waals surface area contributed by atoms with Crippen LogP contribution in [0.25, 0.3) is 5.57 Å². The predicted octanol–water partition coefficient (Wildman–Crippen LogP) is 3.47. The molecule has 4 rings (SSSR count). The maximum Gasteiger partial charge on any atom is 0.246 e. The number of carbonyl (C=O) groups is 1. The molecule has 0 radical (unpaired) electrons. The van der Waals surface area contributed by atoms with Crippen molar-refractivity contribution in [3.8, 4) is 0 Å². The Labute approximate surface area is 159 Å². The van der Waals surface area contributed by atoms with Gasteiger partial charge in [-0.15, -0.1) is 0 Å². The van der Waals surface area contributed by atoms with Crippen molar-refractivity contribution < 1.29 is 4.79 Å². The smallest absolute Gasteiger partial charge is 0.246 e. The van der Waals surface area contributed by atoms with Gasteiger partial charge in [-0.1, -0.05) is 19.6 Å². The first-order valence-corrected chi connectivity index (χ1v) is 9.24. The average molecular weight is 361 g/mol. The third-order valence-electron chi connectivity index (χ3n) is 5.34. The molecule has 3 heterocycles. The minimum atomic E-state index is -0.0432. The minimum Gasteiger partial charge on any atom is -0.337 e. The first-order chi connectivity index (χ1) is 13.1. The molecule has 6 nitrogen and oxygen atoms in total. The van der Waals surface area contributed by atoms with E-state index in [4.69, 9.17) is 0 Å². The quantitative estimate of drug-likeness (QED) is 0.826. The standard InChI is InChI=1S/C21H23N5O/c1-3-18(27)26-12-6-15(7-13-26)19-20(23-11-10-22-19)25-16-4-5-17(24-14-16)21(2)8-9-21/h3-6,10-11,14H,1,7-9,12-13H2,2H3,(H,23,25). The van der Waals surface area contributed by atoms with Crippen LogP contribution in [0.3, 0.4) is 0 Å². The van der Waals surface area contributed by atoms with E-state index in [-0.39, 0.29) is 11.3 Å². The number of rotatable bonds is 5. The first kappa shape index (κ1) is 17.4. The van der Waals surface area contributed by atoms with E-state index in [9.17, 15) is 4.79 Å². The van der Waals surface area contributed by atoms with Gasteiger partial charge in [-0.25, -0.2) is 4.98 Å². The fourth-order valence-corrected chi connectivity index (χ4v) is 3.28. The Morgan fingerprint density at radius 2 is 2.07 bits per heavy atom. The number of nitrogens with zero attached hydrogens (tertiary/aromatic N) is 4. The fraction of sp³-hybridized carbons (Fsp3) is 0.333. The van der Waals surface area contributed by atoms with Gasteiger partial charge in [0.2, 0.25) is 5.91 Å². The van der Waals surface area contributed by atoms with Crippen LogP contribution in [0.2, 0.25) is 0 Å². The molecular weight excluding hydrogens is 338 g/mol. The van der Waals surface area contributed by atoms with E-state index in [1.165, 1.54) is 18.9 Å². The zero-order chi connectivity index (χ0) is 18.9. The van der Waals surface area contributed by atoms with E-state index in [2.05, 4.69) is 39.8 Å². The van der Waals surface area contributed by atoms with E-state index in [1.807, 2.05) is 18.3 Å². The van der Waals surface area contributed by atoms with Gasteiger partial charge < -0.3 is 10.2 Å². The van der Waals surface area contributed by atoms with Crippen LogP contribution in [-0.2, 0) is 10.2 Å². The molecule has 1 aliphatic heterocycles. The molecule has 27 heavy (non-hydrogen) atoms. The van der Waals surface area contributed by atoms with Crippen LogP contribution in [-0.4, -0.2) is 38.8 Å². The van der Waals surface area contributed by atoms with E-state index < -0.39 is 0 Å². The number of anilines is 2. The summed E-state index contributed by atoms with van der Waals surface area (Å²) in [6, 6.07) is 4.13. The zero-order valence-electron chi connectivity index (χ0n) is 15.5. The normalized spacial score (nSPS) is 17.8. The molecule has 0 spiro atoms. The second-order valence-corrected chi connectivity index (χ2v) is 7.34. The lowest BCUT2D eigenvalue weighted by atomic mass is 10.0. The van der Waals surface area contributed by atoms with E-state index in [1.54, 1.807) is 17.3 Å². The number of hydrogen-bond acceptors (Lipinski definition) is 5. The molecule has 1 N–H and O–H groups in total. The van der Waals surface area contributed by atoms with Crippen molar-refractivity contribution in [2.24, 2.45) is 0 Å². The number of hydrogen-bond donors (Lipinski definition) is 1. The summed E-state index contributed by atoms with van der Waals surface area (Å²) in [4.78, 5) is 27.1. The number of nitrogens with one attached hydrogen (secondary N) is 1. The lowest BCUT2D eigenvalue weighted by Gasteiger charge is -2.25. The Hall–Kier alpha value is -3.02. The van der Waals surface area contributed by atoms with Crippen molar-refractivity contribution in [3.05, 3.63) is 60.8 Å². The van der Waals surface area contributed by atoms with Crippen LogP contribution in [0.4, 0.5) is 11.5 Å². The van der Waals surface area contributed by atoms with Crippen molar-refractivity contribution in [3.63, 3.8) is 0 Å². The van der Waals surface area contributed by atoms with Gasteiger partial charge in [-0.2, -0.15) is 0 Å². The van der Waals surface area contributed by atoms with Crippen LogP contribution in [0.1, 0.15) is 37.6 Å². The monoisotopic (exact) mass is 361 g/mol. The maximum absolute atomic E-state index is 11.8. The van der Waals surface area contributed by atoms with Crippen molar-refractivity contribution in [1.82, 2.24) is 19.9 Å². The third-order valence-corrected chi connectivity index (χ3v) is 5.34. The zero-order valence-corrected chi connectivity index (χ0v) is 15.5. The highest BCUT2D eigenvalue weighted by Gasteiger charge is 2.40. The SMILES string of the molecule is C=CC(=O)N1CC=C(c2nccnc2Nc2ccc(C3(C)CC3)nc2)CC1. The van der Waals surface area contributed by atoms with Crippen LogP contribution >= 0.6 is 0 Å². The largest absolute Gasteiger partial charge is 0.337 e. The highest BCUT2D eigenvalue weighted by atomic mass is 16.2. The molecule has 1 saturated carbocycles. The maximum atomic E-state index is 11.8. The molecule has 6 heteroatoms. The summed E-state index contributed by atoms with van der Waals surface area (Å²) in [6.45, 7) is 7.01. The fourth-order valence-electron chi connectivity index (χ4n) is 3.28. The molecule has 2 aliphatic rings. The van der Waals surface area contributed by atoms with Gasteiger partial charge >= 0.3 is 0 Å². The van der Waals surface area contributed by atoms with E-state index in [0.29, 0.717) is 18.9 Å². The molecule has 0 bridgehead atoms. The molecule has 1 fully saturated rings. The van der Waals surface area contributed by atoms with Gasteiger partial charge in [0.1, 0.15) is 5.69 Å². The minimum absolute atomic E-state index is 0.0432. The van der Waals surface area contributed by atoms with Gasteiger partial charge in [-0.05, 0) is 43.0 Å². The Kier molecular flexibility index (Phi) is 4.48. The Bertz CT molecular complexity index is 899. The number of aromatic nitrogens is 3. The molecular formula is C21H23N5O. The summed E-state index contributed by atoms with van der Waals surface area (Å²) in [5.41, 5.74) is 4.21. The van der Waals surface area contributed by atoms with Crippen molar-refractivity contribution in [2.75, 3.05) is 18.4 Å². The molecule has 1 aliphatic carbocycles. The van der Waals surface area contributed by atoms with E-state index in [0.717, 1.165) is 29.1 Å². The average Bonchev–Trinajstić information content (AvgIpc) is 3.47. The van der Waals surface area contributed by atoms with Crippen LogP contribution in [0, 0.1) is 0 Å². The summed E-state index contributed by atoms with van der Waals surface area (Å²) in [6.07, 6.45) is 11.8. The third kappa shape index (κ3) is 3.60. The number of carbonyl (C=O) groups excluding carboxylic acids is 1. The lowest BCUT2D eigenvalue weighted by Crippen LogP contribution is -2.33. The Morgan fingerprint density at radius 3 is 2.70 bits per heavy atom. The molecule has 0 atom stereocenters. The van der Waals surface area contributed by atoms with Gasteiger partial charge in [-0.3, -0.25) is 14.8 Å². The van der Waals surface area contributed by atoms with Crippen LogP contribution in [0.15, 0.2) is 49.5 Å². The molecule has 0 unspecified atom stereocenters. The highest BCUT2D eigenvalue weighted by Crippen LogP contribution is 2.46. The second-order valence-electron chi connectivity index (χ2n) is 7.34.